The third-order valence-electron chi connectivity index (χ3n) is 7.27. The van der Waals surface area contributed by atoms with Gasteiger partial charge in [-0.25, -0.2) is 0 Å². The molecule has 0 saturated carbocycles. The van der Waals surface area contributed by atoms with Gasteiger partial charge in [0.2, 0.25) is 5.91 Å². The number of anilines is 3. The fourth-order valence-corrected chi connectivity index (χ4v) is 5.85. The van der Waals surface area contributed by atoms with Crippen LogP contribution in [0.25, 0.3) is 6.08 Å². The first-order valence-electron chi connectivity index (χ1n) is 15.2. The second-order valence-electron chi connectivity index (χ2n) is 11.0. The van der Waals surface area contributed by atoms with Crippen LogP contribution in [0.2, 0.25) is 0 Å². The van der Waals surface area contributed by atoms with Crippen molar-refractivity contribution in [3.8, 4) is 5.75 Å². The standard InChI is InChI=1S/C39H36N4O4S/c1-43(2)32-22-20-27(21-23-32)24-35(42-37(44)29-14-8-5-9-15-29)38(45)40-31-17-11-19-34(26-31)48-36(28-12-6-4-7-13-28)39(46)41-30-16-10-18-33(25-30)47-3/h4-26,36H,1-3H3,(H,40,45)(H,41,46)(H,42,44)/b35-24+. The van der Waals surface area contributed by atoms with Crippen LogP contribution in [0.15, 0.2) is 144 Å². The van der Waals surface area contributed by atoms with Crippen molar-refractivity contribution in [2.24, 2.45) is 0 Å². The summed E-state index contributed by atoms with van der Waals surface area (Å²) in [6.07, 6.45) is 1.64. The lowest BCUT2D eigenvalue weighted by Crippen LogP contribution is -2.30. The van der Waals surface area contributed by atoms with Crippen molar-refractivity contribution in [1.82, 2.24) is 5.32 Å². The Morgan fingerprint density at radius 1 is 0.729 bits per heavy atom. The number of benzene rings is 5. The van der Waals surface area contributed by atoms with Gasteiger partial charge in [-0.1, -0.05) is 72.8 Å². The van der Waals surface area contributed by atoms with Gasteiger partial charge in [-0.3, -0.25) is 14.4 Å². The molecule has 48 heavy (non-hydrogen) atoms. The van der Waals surface area contributed by atoms with Crippen LogP contribution in [0, 0.1) is 0 Å². The Morgan fingerprint density at radius 2 is 1.38 bits per heavy atom. The van der Waals surface area contributed by atoms with Gasteiger partial charge in [0.1, 0.15) is 16.7 Å². The fourth-order valence-electron chi connectivity index (χ4n) is 4.77. The van der Waals surface area contributed by atoms with Crippen molar-refractivity contribution in [2.75, 3.05) is 36.7 Å². The molecular weight excluding hydrogens is 621 g/mol. The molecule has 0 fully saturated rings. The predicted molar refractivity (Wildman–Crippen MR) is 194 cm³/mol. The molecule has 1 unspecified atom stereocenters. The Morgan fingerprint density at radius 3 is 2.04 bits per heavy atom. The van der Waals surface area contributed by atoms with E-state index in [2.05, 4.69) is 16.0 Å². The van der Waals surface area contributed by atoms with Crippen LogP contribution >= 0.6 is 11.8 Å². The van der Waals surface area contributed by atoms with Crippen molar-refractivity contribution < 1.29 is 19.1 Å². The van der Waals surface area contributed by atoms with E-state index in [1.807, 2.05) is 110 Å². The van der Waals surface area contributed by atoms with Crippen LogP contribution in [0.4, 0.5) is 17.1 Å². The highest BCUT2D eigenvalue weighted by Crippen LogP contribution is 2.37. The number of rotatable bonds is 12. The maximum absolute atomic E-state index is 13.7. The first-order valence-corrected chi connectivity index (χ1v) is 16.1. The zero-order valence-electron chi connectivity index (χ0n) is 26.8. The molecule has 0 aliphatic heterocycles. The number of nitrogens with one attached hydrogen (secondary N) is 3. The highest BCUT2D eigenvalue weighted by atomic mass is 32.2. The largest absolute Gasteiger partial charge is 0.497 e. The molecule has 5 rings (SSSR count). The van der Waals surface area contributed by atoms with Crippen LogP contribution in [-0.2, 0) is 9.59 Å². The van der Waals surface area contributed by atoms with Gasteiger partial charge in [0.05, 0.1) is 7.11 Å². The lowest BCUT2D eigenvalue weighted by molar-refractivity contribution is -0.116. The van der Waals surface area contributed by atoms with Gasteiger partial charge in [-0.05, 0) is 71.8 Å². The Hall–Kier alpha value is -5.80. The lowest BCUT2D eigenvalue weighted by atomic mass is 10.1. The van der Waals surface area contributed by atoms with Crippen LogP contribution in [0.1, 0.15) is 26.7 Å². The molecule has 5 aromatic carbocycles. The molecule has 0 saturated heterocycles. The molecule has 8 nitrogen and oxygen atoms in total. The van der Waals surface area contributed by atoms with E-state index in [-0.39, 0.29) is 11.6 Å². The zero-order valence-corrected chi connectivity index (χ0v) is 27.7. The van der Waals surface area contributed by atoms with E-state index in [4.69, 9.17) is 4.74 Å². The Bertz CT molecular complexity index is 1900. The van der Waals surface area contributed by atoms with Crippen molar-refractivity contribution in [2.45, 2.75) is 10.1 Å². The van der Waals surface area contributed by atoms with Gasteiger partial charge < -0.3 is 25.6 Å². The molecule has 1 atom stereocenters. The molecule has 0 heterocycles. The molecule has 0 aliphatic carbocycles. The second kappa shape index (κ2) is 16.2. The average Bonchev–Trinajstić information content (AvgIpc) is 3.11. The Balaban J connectivity index is 1.38. The van der Waals surface area contributed by atoms with Crippen LogP contribution < -0.4 is 25.6 Å². The van der Waals surface area contributed by atoms with Crippen molar-refractivity contribution in [3.63, 3.8) is 0 Å². The molecule has 0 spiro atoms. The molecule has 0 aromatic heterocycles. The van der Waals surface area contributed by atoms with E-state index in [1.54, 1.807) is 55.7 Å². The molecule has 0 radical (unpaired) electrons. The van der Waals surface area contributed by atoms with E-state index in [9.17, 15) is 14.4 Å². The smallest absolute Gasteiger partial charge is 0.272 e. The number of ether oxygens (including phenoxy) is 1. The number of thioether (sulfide) groups is 1. The lowest BCUT2D eigenvalue weighted by Gasteiger charge is -2.18. The summed E-state index contributed by atoms with van der Waals surface area (Å²) in [5, 5.41) is 8.13. The van der Waals surface area contributed by atoms with Crippen molar-refractivity contribution >= 4 is 52.6 Å². The first-order chi connectivity index (χ1) is 23.3. The van der Waals surface area contributed by atoms with Crippen molar-refractivity contribution in [3.05, 3.63) is 156 Å². The molecule has 3 amide bonds. The summed E-state index contributed by atoms with van der Waals surface area (Å²) in [7, 11) is 5.48. The molecule has 0 aliphatic rings. The first kappa shape index (κ1) is 33.6. The highest BCUT2D eigenvalue weighted by Gasteiger charge is 2.23. The minimum Gasteiger partial charge on any atom is -0.497 e. The van der Waals surface area contributed by atoms with E-state index >= 15 is 0 Å². The van der Waals surface area contributed by atoms with Gasteiger partial charge >= 0.3 is 0 Å². The highest BCUT2D eigenvalue weighted by molar-refractivity contribution is 8.00. The topological polar surface area (TPSA) is 99.8 Å². The monoisotopic (exact) mass is 656 g/mol. The molecule has 242 valence electrons. The number of carbonyl (C=O) groups is 3. The average molecular weight is 657 g/mol. The number of hydrogen-bond donors (Lipinski definition) is 3. The Kier molecular flexibility index (Phi) is 11.3. The summed E-state index contributed by atoms with van der Waals surface area (Å²) in [6, 6.07) is 40.3. The van der Waals surface area contributed by atoms with Crippen LogP contribution in [0.5, 0.6) is 5.75 Å². The van der Waals surface area contributed by atoms with Gasteiger partial charge in [0.15, 0.2) is 0 Å². The summed E-state index contributed by atoms with van der Waals surface area (Å²) in [4.78, 5) is 43.2. The van der Waals surface area contributed by atoms with E-state index in [0.29, 0.717) is 22.7 Å². The molecule has 5 aromatic rings. The summed E-state index contributed by atoms with van der Waals surface area (Å²) >= 11 is 1.36. The molecule has 3 N–H and O–H groups in total. The van der Waals surface area contributed by atoms with Crippen molar-refractivity contribution in [1.29, 1.82) is 0 Å². The molecule has 9 heteroatoms. The van der Waals surface area contributed by atoms with Gasteiger partial charge in [0, 0.05) is 47.7 Å². The minimum absolute atomic E-state index is 0.0827. The van der Waals surface area contributed by atoms with E-state index in [1.165, 1.54) is 11.8 Å². The van der Waals surface area contributed by atoms with Gasteiger partial charge in [-0.15, -0.1) is 11.8 Å². The third kappa shape index (κ3) is 9.14. The van der Waals surface area contributed by atoms with Crippen LogP contribution in [0.3, 0.4) is 0 Å². The van der Waals surface area contributed by atoms with Gasteiger partial charge in [-0.2, -0.15) is 0 Å². The molecule has 0 bridgehead atoms. The minimum atomic E-state index is -0.589. The fraction of sp³-hybridized carbons (Fsp3) is 0.103. The van der Waals surface area contributed by atoms with E-state index in [0.717, 1.165) is 21.7 Å². The number of nitrogens with zero attached hydrogens (tertiary/aromatic N) is 1. The molecular formula is C39H36N4O4S. The van der Waals surface area contributed by atoms with Crippen LogP contribution in [-0.4, -0.2) is 38.9 Å². The Labute approximate surface area is 284 Å². The second-order valence-corrected chi connectivity index (χ2v) is 12.2. The normalized spacial score (nSPS) is 11.6. The SMILES string of the molecule is COc1cccc(NC(=O)C(Sc2cccc(NC(=O)/C(=C\c3ccc(N(C)C)cc3)NC(=O)c3ccccc3)c2)c2ccccc2)c1. The summed E-state index contributed by atoms with van der Waals surface area (Å²) < 4.78 is 5.31. The quantitative estimate of drug-likeness (QED) is 0.0943. The number of carbonyl (C=O) groups excluding carboxylic acids is 3. The number of amides is 3. The third-order valence-corrected chi connectivity index (χ3v) is 8.52. The number of methoxy groups -OCH3 is 1. The summed E-state index contributed by atoms with van der Waals surface area (Å²) in [5.41, 5.74) is 4.22. The summed E-state index contributed by atoms with van der Waals surface area (Å²) in [6.45, 7) is 0. The van der Waals surface area contributed by atoms with Gasteiger partial charge in [0.25, 0.3) is 11.8 Å². The predicted octanol–water partition coefficient (Wildman–Crippen LogP) is 7.64. The number of hydrogen-bond acceptors (Lipinski definition) is 6. The maximum Gasteiger partial charge on any atom is 0.272 e. The summed E-state index contributed by atoms with van der Waals surface area (Å²) in [5.74, 6) is -0.463. The maximum atomic E-state index is 13.7. The zero-order chi connectivity index (χ0) is 33.9. The van der Waals surface area contributed by atoms with E-state index < -0.39 is 17.1 Å².